The molecule has 0 radical (unpaired) electrons. The maximum Gasteiger partial charge on any atom is 0.312 e. The van der Waals surface area contributed by atoms with Crippen LogP contribution in [-0.2, 0) is 24.0 Å². The molecule has 2 atom stereocenters. The number of hydrogen-bond acceptors (Lipinski definition) is 6. The lowest BCUT2D eigenvalue weighted by Gasteiger charge is -2.22. The fraction of sp³-hybridized carbons (Fsp3) is 0.579. The lowest BCUT2D eigenvalue weighted by molar-refractivity contribution is -0.137. The van der Waals surface area contributed by atoms with Crippen LogP contribution in [0.1, 0.15) is 40.0 Å². The number of primary amides is 1. The van der Waals surface area contributed by atoms with Gasteiger partial charge in [-0.2, -0.15) is 0 Å². The van der Waals surface area contributed by atoms with Crippen LogP contribution in [0, 0.1) is 5.92 Å². The number of nitrogens with one attached hydrogen (secondary N) is 3. The van der Waals surface area contributed by atoms with Crippen molar-refractivity contribution in [2.24, 2.45) is 11.7 Å². The third-order valence-electron chi connectivity index (χ3n) is 4.43. The highest BCUT2D eigenvalue weighted by atomic mass is 16.2. The van der Waals surface area contributed by atoms with E-state index in [0.717, 1.165) is 17.1 Å². The maximum atomic E-state index is 12.4. The molecule has 30 heavy (non-hydrogen) atoms. The molecular weight excluding hydrogens is 394 g/mol. The molecule has 0 saturated heterocycles. The molecule has 11 heteroatoms. The highest BCUT2D eigenvalue weighted by molar-refractivity contribution is 6.13. The smallest absolute Gasteiger partial charge is 0.312 e. The first kappa shape index (κ1) is 24.8. The van der Waals surface area contributed by atoms with E-state index in [1.54, 1.807) is 13.8 Å². The molecule has 1 rings (SSSR count). The Labute approximate surface area is 174 Å². The van der Waals surface area contributed by atoms with E-state index in [9.17, 15) is 28.8 Å². The fourth-order valence-corrected chi connectivity index (χ4v) is 2.75. The molecule has 5 N–H and O–H groups in total. The predicted octanol–water partition coefficient (Wildman–Crippen LogP) is -1.04. The summed E-state index contributed by atoms with van der Waals surface area (Å²) >= 11 is 0. The van der Waals surface area contributed by atoms with Crippen LogP contribution in [0.4, 0.5) is 4.79 Å². The van der Waals surface area contributed by atoms with Crippen LogP contribution >= 0.6 is 0 Å². The lowest BCUT2D eigenvalue weighted by Crippen LogP contribution is -2.51. The van der Waals surface area contributed by atoms with Gasteiger partial charge in [-0.05, 0) is 19.8 Å². The molecule has 0 aromatic carbocycles. The minimum atomic E-state index is -0.924. The quantitative estimate of drug-likeness (QED) is 0.231. The number of carbonyl (C=O) groups is 6. The summed E-state index contributed by atoms with van der Waals surface area (Å²) < 4.78 is 0. The topological polar surface area (TPSA) is 168 Å². The number of nitrogens with two attached hydrogens (primary N) is 1. The average Bonchev–Trinajstić information content (AvgIpc) is 2.99. The van der Waals surface area contributed by atoms with Crippen LogP contribution in [0.5, 0.6) is 0 Å². The van der Waals surface area contributed by atoms with Crippen molar-refractivity contribution in [3.05, 3.63) is 12.2 Å². The number of hydrogen-bond donors (Lipinski definition) is 4. The number of ketones is 1. The molecule has 0 aromatic heterocycles. The van der Waals surface area contributed by atoms with Gasteiger partial charge in [0.15, 0.2) is 5.78 Å². The van der Waals surface area contributed by atoms with Gasteiger partial charge in [-0.3, -0.25) is 28.9 Å². The van der Waals surface area contributed by atoms with Gasteiger partial charge in [0.1, 0.15) is 6.04 Å². The first-order valence-electron chi connectivity index (χ1n) is 9.73. The maximum absolute atomic E-state index is 12.4. The molecule has 1 heterocycles. The van der Waals surface area contributed by atoms with Crippen molar-refractivity contribution in [1.82, 2.24) is 20.9 Å². The second-order valence-electron chi connectivity index (χ2n) is 7.25. The monoisotopic (exact) mass is 423 g/mol. The number of Topliss-reactive ketones (excluding diaryl/α,β-unsaturated/α-hetero) is 1. The Morgan fingerprint density at radius 1 is 1.03 bits per heavy atom. The van der Waals surface area contributed by atoms with Crippen LogP contribution in [0.2, 0.25) is 0 Å². The Morgan fingerprint density at radius 2 is 1.63 bits per heavy atom. The van der Waals surface area contributed by atoms with E-state index in [-0.39, 0.29) is 31.2 Å². The number of imide groups is 1. The second kappa shape index (κ2) is 11.7. The largest absolute Gasteiger partial charge is 0.352 e. The zero-order valence-corrected chi connectivity index (χ0v) is 17.4. The van der Waals surface area contributed by atoms with E-state index in [2.05, 4.69) is 16.0 Å². The van der Waals surface area contributed by atoms with Gasteiger partial charge < -0.3 is 21.7 Å². The summed E-state index contributed by atoms with van der Waals surface area (Å²) in [6.07, 6.45) is 2.83. The summed E-state index contributed by atoms with van der Waals surface area (Å²) in [5, 5.41) is 7.53. The van der Waals surface area contributed by atoms with Crippen molar-refractivity contribution in [2.75, 3.05) is 13.1 Å². The van der Waals surface area contributed by atoms with Crippen molar-refractivity contribution in [1.29, 1.82) is 0 Å². The molecule has 0 unspecified atom stereocenters. The highest BCUT2D eigenvalue weighted by Crippen LogP contribution is 2.07. The summed E-state index contributed by atoms with van der Waals surface area (Å²) in [5.74, 6) is -2.50. The molecule has 6 amide bonds. The Balaban J connectivity index is 2.52. The summed E-state index contributed by atoms with van der Waals surface area (Å²) in [7, 11) is 0. The third-order valence-corrected chi connectivity index (χ3v) is 4.43. The molecule has 11 nitrogen and oxygen atoms in total. The SMILES string of the molecule is CC(C)C(=O)[C@H](CCCNC(N)=O)NC(=O)[C@H](C)NC(=O)CCN1C(=O)C=CC1=O. The number of amides is 6. The second-order valence-corrected chi connectivity index (χ2v) is 7.25. The van der Waals surface area contributed by atoms with Crippen LogP contribution in [0.15, 0.2) is 12.2 Å². The molecule has 0 aromatic rings. The van der Waals surface area contributed by atoms with Gasteiger partial charge in [-0.25, -0.2) is 4.79 Å². The predicted molar refractivity (Wildman–Crippen MR) is 107 cm³/mol. The minimum Gasteiger partial charge on any atom is -0.352 e. The summed E-state index contributed by atoms with van der Waals surface area (Å²) in [6, 6.07) is -2.36. The fourth-order valence-electron chi connectivity index (χ4n) is 2.75. The number of rotatable bonds is 12. The molecule has 0 spiro atoms. The van der Waals surface area contributed by atoms with E-state index >= 15 is 0 Å². The van der Waals surface area contributed by atoms with Crippen molar-refractivity contribution in [3.63, 3.8) is 0 Å². The van der Waals surface area contributed by atoms with E-state index in [1.807, 2.05) is 0 Å². The molecule has 1 aliphatic heterocycles. The molecular formula is C19H29N5O6. The normalized spacial score (nSPS) is 15.1. The number of urea groups is 1. The van der Waals surface area contributed by atoms with Gasteiger partial charge in [0, 0.05) is 37.6 Å². The third kappa shape index (κ3) is 8.02. The van der Waals surface area contributed by atoms with Gasteiger partial charge in [-0.15, -0.1) is 0 Å². The Bertz CT molecular complexity index is 715. The van der Waals surface area contributed by atoms with E-state index in [0.29, 0.717) is 12.8 Å². The summed E-state index contributed by atoms with van der Waals surface area (Å²) in [4.78, 5) is 71.4. The van der Waals surface area contributed by atoms with Gasteiger partial charge in [0.05, 0.1) is 6.04 Å². The van der Waals surface area contributed by atoms with Gasteiger partial charge in [0.25, 0.3) is 11.8 Å². The molecule has 0 bridgehead atoms. The zero-order valence-electron chi connectivity index (χ0n) is 17.4. The van der Waals surface area contributed by atoms with Gasteiger partial charge >= 0.3 is 6.03 Å². The average molecular weight is 423 g/mol. The standard InChI is InChI=1S/C19H29N5O6/c1-11(2)17(28)13(5-4-9-21-19(20)30)23-18(29)12(3)22-14(25)8-10-24-15(26)6-7-16(24)27/h6-7,11-13H,4-5,8-10H2,1-3H3,(H,22,25)(H,23,29)(H3,20,21,30)/t12-,13-/m0/s1. The first-order chi connectivity index (χ1) is 14.0. The molecule has 1 aliphatic rings. The first-order valence-corrected chi connectivity index (χ1v) is 9.73. The van der Waals surface area contributed by atoms with Gasteiger partial charge in [-0.1, -0.05) is 13.8 Å². The van der Waals surface area contributed by atoms with E-state index in [1.165, 1.54) is 6.92 Å². The van der Waals surface area contributed by atoms with Crippen LogP contribution in [-0.4, -0.2) is 65.5 Å². The van der Waals surface area contributed by atoms with Crippen molar-refractivity contribution in [2.45, 2.75) is 52.1 Å². The van der Waals surface area contributed by atoms with Crippen LogP contribution < -0.4 is 21.7 Å². The van der Waals surface area contributed by atoms with Crippen molar-refractivity contribution >= 4 is 35.4 Å². The van der Waals surface area contributed by atoms with Crippen molar-refractivity contribution in [3.8, 4) is 0 Å². The van der Waals surface area contributed by atoms with Crippen LogP contribution in [0.25, 0.3) is 0 Å². The van der Waals surface area contributed by atoms with Crippen LogP contribution in [0.3, 0.4) is 0 Å². The van der Waals surface area contributed by atoms with Gasteiger partial charge in [0.2, 0.25) is 11.8 Å². The highest BCUT2D eigenvalue weighted by Gasteiger charge is 2.27. The Morgan fingerprint density at radius 3 is 2.17 bits per heavy atom. The lowest BCUT2D eigenvalue weighted by atomic mass is 9.97. The van der Waals surface area contributed by atoms with Crippen molar-refractivity contribution < 1.29 is 28.8 Å². The Hall–Kier alpha value is -3.24. The summed E-state index contributed by atoms with van der Waals surface area (Å²) in [6.45, 7) is 5.06. The molecule has 0 saturated carbocycles. The number of carbonyl (C=O) groups excluding carboxylic acids is 6. The van der Waals surface area contributed by atoms with E-state index in [4.69, 9.17) is 5.73 Å². The minimum absolute atomic E-state index is 0.0911. The molecule has 0 aliphatic carbocycles. The summed E-state index contributed by atoms with van der Waals surface area (Å²) in [5.41, 5.74) is 4.99. The molecule has 0 fully saturated rings. The molecule has 166 valence electrons. The number of nitrogens with zero attached hydrogens (tertiary/aromatic N) is 1. The zero-order chi connectivity index (χ0) is 22.8. The van der Waals surface area contributed by atoms with E-state index < -0.39 is 41.7 Å². The Kier molecular flexibility index (Phi) is 9.66.